The summed E-state index contributed by atoms with van der Waals surface area (Å²) in [7, 11) is 0. The Morgan fingerprint density at radius 1 is 1.00 bits per heavy atom. The van der Waals surface area contributed by atoms with Gasteiger partial charge in [-0.05, 0) is 0 Å². The van der Waals surface area contributed by atoms with Crippen LogP contribution >= 0.6 is 0 Å². The number of carbonyl (C=O) groups excluding carboxylic acids is 1. The number of hydrogen-bond donors (Lipinski definition) is 0. The van der Waals surface area contributed by atoms with Crippen LogP contribution in [0.5, 0.6) is 0 Å². The Morgan fingerprint density at radius 2 is 1.67 bits per heavy atom. The molecule has 0 atom stereocenters. The molecular formula is C16H14OSe. The second kappa shape index (κ2) is 6.34. The van der Waals surface area contributed by atoms with Crippen LogP contribution in [0.15, 0.2) is 59.6 Å². The van der Waals surface area contributed by atoms with E-state index in [2.05, 4.69) is 0 Å². The zero-order valence-electron chi connectivity index (χ0n) is 10.2. The molecule has 18 heavy (non-hydrogen) atoms. The SMILES string of the molecule is Cc1ccc(C(=O)[Se]/C=C/c2ccccc2)cc1. The van der Waals surface area contributed by atoms with Crippen LogP contribution in [0.4, 0.5) is 0 Å². The van der Waals surface area contributed by atoms with Crippen LogP contribution in [-0.4, -0.2) is 19.6 Å². The quantitative estimate of drug-likeness (QED) is 0.790. The van der Waals surface area contributed by atoms with Crippen LogP contribution < -0.4 is 0 Å². The van der Waals surface area contributed by atoms with Crippen molar-refractivity contribution in [3.8, 4) is 0 Å². The third-order valence-corrected chi connectivity index (χ3v) is 4.04. The van der Waals surface area contributed by atoms with Gasteiger partial charge in [0.2, 0.25) is 0 Å². The average molecular weight is 301 g/mol. The van der Waals surface area contributed by atoms with Gasteiger partial charge in [0.1, 0.15) is 0 Å². The van der Waals surface area contributed by atoms with Gasteiger partial charge < -0.3 is 0 Å². The summed E-state index contributed by atoms with van der Waals surface area (Å²) in [4.78, 5) is 13.9. The van der Waals surface area contributed by atoms with Gasteiger partial charge >= 0.3 is 114 Å². The minimum atomic E-state index is -0.134. The van der Waals surface area contributed by atoms with Gasteiger partial charge in [-0.2, -0.15) is 0 Å². The van der Waals surface area contributed by atoms with Crippen LogP contribution in [0.3, 0.4) is 0 Å². The van der Waals surface area contributed by atoms with Crippen molar-refractivity contribution in [1.82, 2.24) is 0 Å². The summed E-state index contributed by atoms with van der Waals surface area (Å²) in [5, 5.41) is 0. The van der Waals surface area contributed by atoms with Gasteiger partial charge in [0.25, 0.3) is 0 Å². The fourth-order valence-corrected chi connectivity index (χ4v) is 2.80. The Labute approximate surface area is 114 Å². The molecule has 0 saturated heterocycles. The molecule has 0 amide bonds. The topological polar surface area (TPSA) is 17.1 Å². The molecule has 1 nitrogen and oxygen atoms in total. The normalized spacial score (nSPS) is 10.7. The van der Waals surface area contributed by atoms with E-state index >= 15 is 0 Å². The summed E-state index contributed by atoms with van der Waals surface area (Å²) in [5.41, 5.74) is 3.12. The van der Waals surface area contributed by atoms with Crippen molar-refractivity contribution in [3.05, 3.63) is 76.3 Å². The molecule has 0 aliphatic carbocycles. The van der Waals surface area contributed by atoms with Gasteiger partial charge in [0, 0.05) is 0 Å². The van der Waals surface area contributed by atoms with Gasteiger partial charge in [-0.15, -0.1) is 0 Å². The van der Waals surface area contributed by atoms with E-state index in [9.17, 15) is 4.79 Å². The molecule has 0 bridgehead atoms. The second-order valence-corrected chi connectivity index (χ2v) is 5.83. The molecule has 2 aromatic rings. The summed E-state index contributed by atoms with van der Waals surface area (Å²) < 4.78 is 0.217. The predicted molar refractivity (Wildman–Crippen MR) is 76.7 cm³/mol. The summed E-state index contributed by atoms with van der Waals surface area (Å²) in [6, 6.07) is 17.8. The number of hydrogen-bond acceptors (Lipinski definition) is 1. The summed E-state index contributed by atoms with van der Waals surface area (Å²) in [5.74, 6) is 0. The van der Waals surface area contributed by atoms with Crippen molar-refractivity contribution in [1.29, 1.82) is 0 Å². The molecule has 0 saturated carbocycles. The molecule has 0 aromatic heterocycles. The number of rotatable bonds is 4. The molecule has 2 heteroatoms. The van der Waals surface area contributed by atoms with E-state index < -0.39 is 0 Å². The molecule has 0 fully saturated rings. The van der Waals surface area contributed by atoms with Gasteiger partial charge in [0.05, 0.1) is 0 Å². The van der Waals surface area contributed by atoms with Crippen LogP contribution in [-0.2, 0) is 0 Å². The van der Waals surface area contributed by atoms with E-state index in [-0.39, 0.29) is 19.6 Å². The van der Waals surface area contributed by atoms with E-state index in [0.717, 1.165) is 11.1 Å². The molecule has 0 aliphatic rings. The molecule has 2 aromatic carbocycles. The fourth-order valence-electron chi connectivity index (χ4n) is 1.50. The molecule has 0 unspecified atom stereocenters. The van der Waals surface area contributed by atoms with E-state index in [0.29, 0.717) is 0 Å². The molecule has 0 aliphatic heterocycles. The number of benzene rings is 2. The van der Waals surface area contributed by atoms with E-state index in [1.807, 2.05) is 72.6 Å². The van der Waals surface area contributed by atoms with E-state index in [1.54, 1.807) is 0 Å². The molecule has 2 rings (SSSR count). The maximum absolute atomic E-state index is 11.9. The first kappa shape index (κ1) is 12.8. The number of aryl methyl sites for hydroxylation is 1. The Kier molecular flexibility index (Phi) is 4.52. The first-order chi connectivity index (χ1) is 8.75. The molecule has 90 valence electrons. The molecule has 0 heterocycles. The zero-order chi connectivity index (χ0) is 12.8. The molecule has 0 radical (unpaired) electrons. The Morgan fingerprint density at radius 3 is 2.33 bits per heavy atom. The maximum atomic E-state index is 11.9. The Hall–Kier alpha value is -1.63. The van der Waals surface area contributed by atoms with Crippen molar-refractivity contribution in [2.24, 2.45) is 0 Å². The first-order valence-corrected chi connectivity index (χ1v) is 7.59. The summed E-state index contributed by atoms with van der Waals surface area (Å²) >= 11 is -0.134. The van der Waals surface area contributed by atoms with Crippen molar-refractivity contribution in [3.63, 3.8) is 0 Å². The van der Waals surface area contributed by atoms with Gasteiger partial charge in [-0.25, -0.2) is 0 Å². The van der Waals surface area contributed by atoms with Gasteiger partial charge in [-0.1, -0.05) is 0 Å². The van der Waals surface area contributed by atoms with Crippen molar-refractivity contribution in [2.45, 2.75) is 6.92 Å². The van der Waals surface area contributed by atoms with Crippen LogP contribution in [0, 0.1) is 6.92 Å². The van der Waals surface area contributed by atoms with E-state index in [1.165, 1.54) is 5.56 Å². The van der Waals surface area contributed by atoms with Crippen molar-refractivity contribution >= 4 is 25.7 Å². The predicted octanol–water partition coefficient (Wildman–Crippen LogP) is 3.51. The van der Waals surface area contributed by atoms with Gasteiger partial charge in [-0.3, -0.25) is 0 Å². The summed E-state index contributed by atoms with van der Waals surface area (Å²) in [6.07, 6.45) is 2.01. The summed E-state index contributed by atoms with van der Waals surface area (Å²) in [6.45, 7) is 2.02. The first-order valence-electron chi connectivity index (χ1n) is 5.75. The monoisotopic (exact) mass is 302 g/mol. The minimum absolute atomic E-state index is 0.134. The third kappa shape index (κ3) is 3.69. The van der Waals surface area contributed by atoms with E-state index in [4.69, 9.17) is 0 Å². The van der Waals surface area contributed by atoms with Crippen molar-refractivity contribution in [2.75, 3.05) is 0 Å². The Bertz CT molecular complexity index is 541. The fraction of sp³-hybridized carbons (Fsp3) is 0.0625. The zero-order valence-corrected chi connectivity index (χ0v) is 11.9. The average Bonchev–Trinajstić information content (AvgIpc) is 2.40. The molecular weight excluding hydrogens is 287 g/mol. The Balaban J connectivity index is 1.96. The van der Waals surface area contributed by atoms with Crippen LogP contribution in [0.25, 0.3) is 6.08 Å². The second-order valence-electron chi connectivity index (χ2n) is 3.98. The standard InChI is InChI=1S/C16H14OSe/c1-13-7-9-15(10-8-13)16(17)18-12-11-14-5-3-2-4-6-14/h2-12H,1H3/b12-11+. The third-order valence-electron chi connectivity index (χ3n) is 2.52. The number of carbonyl (C=O) groups is 1. The van der Waals surface area contributed by atoms with Crippen LogP contribution in [0.1, 0.15) is 21.5 Å². The molecule has 0 spiro atoms. The van der Waals surface area contributed by atoms with Crippen molar-refractivity contribution < 1.29 is 4.79 Å². The molecule has 0 N–H and O–H groups in total. The van der Waals surface area contributed by atoms with Gasteiger partial charge in [0.15, 0.2) is 0 Å². The van der Waals surface area contributed by atoms with Crippen LogP contribution in [0.2, 0.25) is 0 Å².